The van der Waals surface area contributed by atoms with Crippen molar-refractivity contribution in [2.75, 3.05) is 13.2 Å². The van der Waals surface area contributed by atoms with E-state index < -0.39 is 23.3 Å². The molecular formula is C28H25BF4O2. The number of ether oxygens (including phenoxy) is 2. The van der Waals surface area contributed by atoms with Gasteiger partial charge in [0, 0.05) is 23.3 Å². The molecule has 180 valence electrons. The van der Waals surface area contributed by atoms with Crippen molar-refractivity contribution in [3.8, 4) is 22.3 Å². The summed E-state index contributed by atoms with van der Waals surface area (Å²) in [5.74, 6) is -3.29. The van der Waals surface area contributed by atoms with Crippen molar-refractivity contribution >= 4 is 7.85 Å². The van der Waals surface area contributed by atoms with Crippen LogP contribution in [0.25, 0.3) is 22.3 Å². The summed E-state index contributed by atoms with van der Waals surface area (Å²) in [5, 5.41) is 0. The average Bonchev–Trinajstić information content (AvgIpc) is 3.72. The van der Waals surface area contributed by atoms with Gasteiger partial charge in [-0.25, -0.2) is 17.6 Å². The van der Waals surface area contributed by atoms with Gasteiger partial charge in [0.15, 0.2) is 23.3 Å². The van der Waals surface area contributed by atoms with Crippen molar-refractivity contribution in [2.45, 2.75) is 44.2 Å². The first kappa shape index (κ1) is 24.1. The largest absolute Gasteiger partial charge is 0.378 e. The zero-order valence-corrected chi connectivity index (χ0v) is 19.2. The first-order valence-corrected chi connectivity index (χ1v) is 11.9. The lowest BCUT2D eigenvalue weighted by atomic mass is 9.85. The zero-order chi connectivity index (χ0) is 24.5. The summed E-state index contributed by atoms with van der Waals surface area (Å²) < 4.78 is 69.6. The van der Waals surface area contributed by atoms with Crippen LogP contribution in [0.1, 0.15) is 36.5 Å². The number of hydrogen-bond donors (Lipinski definition) is 0. The maximum atomic E-state index is 14.9. The van der Waals surface area contributed by atoms with Gasteiger partial charge in [0.25, 0.3) is 0 Å². The number of benzene rings is 3. The van der Waals surface area contributed by atoms with Crippen LogP contribution in [0, 0.1) is 29.2 Å². The van der Waals surface area contributed by atoms with Gasteiger partial charge in [-0.1, -0.05) is 54.9 Å². The van der Waals surface area contributed by atoms with Crippen LogP contribution in [0.15, 0.2) is 48.5 Å². The summed E-state index contributed by atoms with van der Waals surface area (Å²) >= 11 is 0. The highest BCUT2D eigenvalue weighted by Crippen LogP contribution is 2.36. The third kappa shape index (κ3) is 5.02. The number of aryl methyl sites for hydroxylation is 1. The summed E-state index contributed by atoms with van der Waals surface area (Å²) in [6, 6.07) is 12.5. The van der Waals surface area contributed by atoms with Gasteiger partial charge in [-0.15, -0.1) is 0 Å². The molecule has 0 amide bonds. The third-order valence-electron chi connectivity index (χ3n) is 7.00. The number of halogens is 4. The second-order valence-corrected chi connectivity index (χ2v) is 9.30. The monoisotopic (exact) mass is 480 g/mol. The molecule has 2 heterocycles. The van der Waals surface area contributed by atoms with Crippen LogP contribution in [-0.4, -0.2) is 27.2 Å². The Balaban J connectivity index is 1.30. The van der Waals surface area contributed by atoms with E-state index in [-0.39, 0.29) is 28.9 Å². The van der Waals surface area contributed by atoms with Crippen molar-refractivity contribution in [1.82, 2.24) is 0 Å². The SMILES string of the molecule is [B]CC1CCC(CCc2ccc(-c3ccc(-c4ccc(C5CO5)c(F)c4F)cc3)c(F)c2F)OC1. The van der Waals surface area contributed by atoms with Crippen LogP contribution in [0.2, 0.25) is 6.32 Å². The van der Waals surface area contributed by atoms with E-state index >= 15 is 0 Å². The molecule has 3 aromatic carbocycles. The number of epoxide rings is 1. The summed E-state index contributed by atoms with van der Waals surface area (Å²) in [5.41, 5.74) is 1.62. The maximum absolute atomic E-state index is 14.9. The molecule has 7 heteroatoms. The standard InChI is InChI=1S/C28H25BF4O2/c29-13-16-1-8-20(34-14-16)9-6-19-7-10-21(26(31)25(19)30)17-2-4-18(5-3-17)22-11-12-23(24-15-35-24)28(33)27(22)32/h2-5,7,10-12,16,20,24H,1,6,8-9,13-15H2. The molecule has 2 aliphatic heterocycles. The van der Waals surface area contributed by atoms with Gasteiger partial charge in [0.05, 0.1) is 20.6 Å². The highest BCUT2D eigenvalue weighted by molar-refractivity contribution is 6.08. The highest BCUT2D eigenvalue weighted by atomic mass is 19.2. The quantitative estimate of drug-likeness (QED) is 0.207. The minimum absolute atomic E-state index is 0.0311. The minimum Gasteiger partial charge on any atom is -0.378 e. The highest BCUT2D eigenvalue weighted by Gasteiger charge is 2.30. The Labute approximate surface area is 203 Å². The summed E-state index contributed by atoms with van der Waals surface area (Å²) in [4.78, 5) is 0. The fraction of sp³-hybridized carbons (Fsp3) is 0.357. The van der Waals surface area contributed by atoms with E-state index in [0.717, 1.165) is 12.8 Å². The molecule has 0 saturated carbocycles. The molecule has 2 nitrogen and oxygen atoms in total. The van der Waals surface area contributed by atoms with Gasteiger partial charge in [-0.05, 0) is 48.3 Å². The van der Waals surface area contributed by atoms with Gasteiger partial charge < -0.3 is 9.47 Å². The van der Waals surface area contributed by atoms with Gasteiger partial charge in [-0.3, -0.25) is 0 Å². The number of hydrogen-bond acceptors (Lipinski definition) is 2. The van der Waals surface area contributed by atoms with Crippen LogP contribution in [0.4, 0.5) is 17.6 Å². The second-order valence-electron chi connectivity index (χ2n) is 9.30. The molecule has 3 aromatic rings. The molecule has 3 atom stereocenters. The Morgan fingerprint density at radius 1 is 0.714 bits per heavy atom. The lowest BCUT2D eigenvalue weighted by molar-refractivity contribution is -0.0146. The molecule has 0 spiro atoms. The smallest absolute Gasteiger partial charge is 0.167 e. The maximum Gasteiger partial charge on any atom is 0.167 e. The Bertz CT molecular complexity index is 1200. The second kappa shape index (κ2) is 10.2. The van der Waals surface area contributed by atoms with Gasteiger partial charge in [-0.2, -0.15) is 0 Å². The fourth-order valence-corrected chi connectivity index (χ4v) is 4.69. The molecule has 0 aromatic heterocycles. The summed E-state index contributed by atoms with van der Waals surface area (Å²) in [6.45, 7) is 0.997. The van der Waals surface area contributed by atoms with Crippen molar-refractivity contribution in [2.24, 2.45) is 5.92 Å². The van der Waals surface area contributed by atoms with Crippen molar-refractivity contribution in [1.29, 1.82) is 0 Å². The van der Waals surface area contributed by atoms with E-state index in [4.69, 9.17) is 17.3 Å². The topological polar surface area (TPSA) is 21.8 Å². The van der Waals surface area contributed by atoms with E-state index in [2.05, 4.69) is 0 Å². The first-order valence-electron chi connectivity index (χ1n) is 11.9. The van der Waals surface area contributed by atoms with Gasteiger partial charge in [0.2, 0.25) is 0 Å². The molecule has 35 heavy (non-hydrogen) atoms. The molecule has 0 aliphatic carbocycles. The van der Waals surface area contributed by atoms with Gasteiger partial charge >= 0.3 is 0 Å². The number of rotatable bonds is 7. The third-order valence-corrected chi connectivity index (χ3v) is 7.00. The van der Waals surface area contributed by atoms with Crippen LogP contribution in [0.3, 0.4) is 0 Å². The molecule has 0 bridgehead atoms. The fourth-order valence-electron chi connectivity index (χ4n) is 4.69. The molecular weight excluding hydrogens is 455 g/mol. The van der Waals surface area contributed by atoms with Crippen molar-refractivity contribution < 1.29 is 27.0 Å². The van der Waals surface area contributed by atoms with E-state index in [1.165, 1.54) is 12.1 Å². The molecule has 2 fully saturated rings. The van der Waals surface area contributed by atoms with Crippen LogP contribution < -0.4 is 0 Å². The lowest BCUT2D eigenvalue weighted by Crippen LogP contribution is -2.26. The molecule has 2 aliphatic rings. The van der Waals surface area contributed by atoms with Gasteiger partial charge in [0.1, 0.15) is 6.10 Å². The minimum atomic E-state index is -0.951. The van der Waals surface area contributed by atoms with Crippen LogP contribution >= 0.6 is 0 Å². The molecule has 3 unspecified atom stereocenters. The zero-order valence-electron chi connectivity index (χ0n) is 19.2. The van der Waals surface area contributed by atoms with Crippen molar-refractivity contribution in [3.63, 3.8) is 0 Å². The Morgan fingerprint density at radius 2 is 1.34 bits per heavy atom. The molecule has 2 radical (unpaired) electrons. The van der Waals surface area contributed by atoms with E-state index in [0.29, 0.717) is 55.0 Å². The van der Waals surface area contributed by atoms with E-state index in [1.54, 1.807) is 36.4 Å². The molecule has 5 rings (SSSR count). The summed E-state index contributed by atoms with van der Waals surface area (Å²) in [6.07, 6.45) is 3.11. The predicted molar refractivity (Wildman–Crippen MR) is 127 cm³/mol. The van der Waals surface area contributed by atoms with Crippen LogP contribution in [0.5, 0.6) is 0 Å². The lowest BCUT2D eigenvalue weighted by Gasteiger charge is -2.28. The van der Waals surface area contributed by atoms with E-state index in [9.17, 15) is 17.6 Å². The van der Waals surface area contributed by atoms with Crippen molar-refractivity contribution in [3.05, 3.63) is 82.9 Å². The first-order chi connectivity index (χ1) is 17.0. The Kier molecular flexibility index (Phi) is 6.99. The normalized spacial score (nSPS) is 21.8. The molecule has 2 saturated heterocycles. The Hall–Kier alpha value is -2.64. The summed E-state index contributed by atoms with van der Waals surface area (Å²) in [7, 11) is 5.67. The van der Waals surface area contributed by atoms with E-state index in [1.807, 2.05) is 0 Å². The molecule has 0 N–H and O–H groups in total. The van der Waals surface area contributed by atoms with Crippen LogP contribution in [-0.2, 0) is 15.9 Å². The predicted octanol–water partition coefficient (Wildman–Crippen LogP) is 6.96. The Morgan fingerprint density at radius 3 is 1.91 bits per heavy atom. The average molecular weight is 480 g/mol.